The number of Topliss-reactive ketones (excluding diaryl/α,β-unsaturated/α-hetero) is 1. The number of rotatable bonds is 6. The minimum absolute atomic E-state index is 0.0807. The number of carbonyl (C=O) groups is 4. The van der Waals surface area contributed by atoms with Gasteiger partial charge in [0.15, 0.2) is 6.10 Å². The summed E-state index contributed by atoms with van der Waals surface area (Å²) in [5, 5.41) is 0.399. The molecule has 2 amide bonds. The van der Waals surface area contributed by atoms with Gasteiger partial charge in [-0.15, -0.1) is 0 Å². The largest absolute Gasteiger partial charge is 0.451 e. The molecular formula is C25H18ClNO5. The van der Waals surface area contributed by atoms with E-state index in [1.54, 1.807) is 18.2 Å². The minimum Gasteiger partial charge on any atom is -0.451 e. The summed E-state index contributed by atoms with van der Waals surface area (Å²) in [6, 6.07) is 19.7. The lowest BCUT2D eigenvalue weighted by molar-refractivity contribution is 0.0318. The molecule has 0 spiro atoms. The maximum atomic E-state index is 12.8. The second-order valence-electron chi connectivity index (χ2n) is 7.36. The average Bonchev–Trinajstić information content (AvgIpc) is 3.03. The van der Waals surface area contributed by atoms with Gasteiger partial charge in [0, 0.05) is 10.6 Å². The van der Waals surface area contributed by atoms with Crippen LogP contribution >= 0.6 is 11.6 Å². The Balaban J connectivity index is 1.50. The van der Waals surface area contributed by atoms with Crippen LogP contribution in [-0.4, -0.2) is 34.6 Å². The predicted octanol–water partition coefficient (Wildman–Crippen LogP) is 4.56. The van der Waals surface area contributed by atoms with Crippen molar-refractivity contribution in [3.8, 4) is 0 Å². The second kappa shape index (κ2) is 8.77. The normalized spacial score (nSPS) is 13.6. The third-order valence-electron chi connectivity index (χ3n) is 5.15. The molecule has 160 valence electrons. The van der Waals surface area contributed by atoms with Gasteiger partial charge in [0.2, 0.25) is 5.78 Å². The molecule has 4 rings (SSSR count). The highest BCUT2D eigenvalue weighted by Crippen LogP contribution is 2.26. The van der Waals surface area contributed by atoms with Gasteiger partial charge in [-0.25, -0.2) is 4.79 Å². The van der Waals surface area contributed by atoms with Crippen molar-refractivity contribution in [1.82, 2.24) is 4.90 Å². The first-order chi connectivity index (χ1) is 15.3. The molecule has 0 radical (unpaired) electrons. The van der Waals surface area contributed by atoms with Crippen LogP contribution in [0, 0.1) is 0 Å². The number of fused-ring (bicyclic) bond motifs is 1. The zero-order chi connectivity index (χ0) is 22.8. The van der Waals surface area contributed by atoms with E-state index < -0.39 is 29.7 Å². The molecule has 1 aliphatic heterocycles. The lowest BCUT2D eigenvalue weighted by atomic mass is 10.1. The molecular weight excluding hydrogens is 430 g/mol. The van der Waals surface area contributed by atoms with E-state index in [9.17, 15) is 19.2 Å². The summed E-state index contributed by atoms with van der Waals surface area (Å²) >= 11 is 5.91. The number of imide groups is 1. The van der Waals surface area contributed by atoms with Crippen molar-refractivity contribution in [3.05, 3.63) is 106 Å². The van der Waals surface area contributed by atoms with Crippen molar-refractivity contribution in [2.45, 2.75) is 19.6 Å². The second-order valence-corrected chi connectivity index (χ2v) is 7.80. The van der Waals surface area contributed by atoms with Crippen molar-refractivity contribution in [3.63, 3.8) is 0 Å². The Hall–Kier alpha value is -3.77. The first-order valence-electron chi connectivity index (χ1n) is 9.90. The molecule has 0 aliphatic carbocycles. The summed E-state index contributed by atoms with van der Waals surface area (Å²) in [5.41, 5.74) is 1.58. The number of carbonyl (C=O) groups excluding carboxylic acids is 4. The maximum Gasteiger partial charge on any atom is 0.338 e. The number of amides is 2. The molecule has 7 heteroatoms. The fraction of sp³-hybridized carbons (Fsp3) is 0.120. The van der Waals surface area contributed by atoms with Crippen LogP contribution in [0.15, 0.2) is 72.8 Å². The molecule has 32 heavy (non-hydrogen) atoms. The first-order valence-corrected chi connectivity index (χ1v) is 10.3. The fourth-order valence-corrected chi connectivity index (χ4v) is 3.68. The Labute approximate surface area is 189 Å². The molecule has 0 saturated heterocycles. The van der Waals surface area contributed by atoms with Gasteiger partial charge in [-0.1, -0.05) is 54.1 Å². The standard InChI is InChI=1S/C25H18ClNO5/c1-15(22(28)17-8-5-9-19(26)12-17)32-25(31)18-10-11-20-21(13-18)24(30)27(23(20)29)14-16-6-3-2-4-7-16/h2-13,15H,14H2,1H3/t15-/m1/s1. The highest BCUT2D eigenvalue weighted by Gasteiger charge is 2.36. The van der Waals surface area contributed by atoms with Crippen LogP contribution in [0.3, 0.4) is 0 Å². The number of nitrogens with zero attached hydrogens (tertiary/aromatic N) is 1. The van der Waals surface area contributed by atoms with E-state index in [4.69, 9.17) is 16.3 Å². The summed E-state index contributed by atoms with van der Waals surface area (Å²) in [6.45, 7) is 1.60. The molecule has 3 aromatic rings. The molecule has 1 aliphatic rings. The van der Waals surface area contributed by atoms with Crippen molar-refractivity contribution in [1.29, 1.82) is 0 Å². The van der Waals surface area contributed by atoms with Crippen molar-refractivity contribution < 1.29 is 23.9 Å². The molecule has 0 bridgehead atoms. The number of halogens is 1. The zero-order valence-corrected chi connectivity index (χ0v) is 17.8. The summed E-state index contributed by atoms with van der Waals surface area (Å²) in [5.74, 6) is -2.07. The quantitative estimate of drug-likeness (QED) is 0.314. The van der Waals surface area contributed by atoms with E-state index in [-0.39, 0.29) is 23.2 Å². The number of hydrogen-bond acceptors (Lipinski definition) is 5. The summed E-state index contributed by atoms with van der Waals surface area (Å²) < 4.78 is 5.30. The molecule has 0 saturated carbocycles. The number of ether oxygens (including phenoxy) is 1. The Morgan fingerprint density at radius 2 is 1.59 bits per heavy atom. The monoisotopic (exact) mass is 447 g/mol. The van der Waals surface area contributed by atoms with Gasteiger partial charge in [0.25, 0.3) is 11.8 Å². The topological polar surface area (TPSA) is 80.8 Å². The molecule has 0 aromatic heterocycles. The number of esters is 1. The number of hydrogen-bond donors (Lipinski definition) is 0. The lowest BCUT2D eigenvalue weighted by Gasteiger charge is -2.13. The van der Waals surface area contributed by atoms with E-state index >= 15 is 0 Å². The fourth-order valence-electron chi connectivity index (χ4n) is 3.49. The number of ketones is 1. The van der Waals surface area contributed by atoms with E-state index in [0.29, 0.717) is 10.6 Å². The predicted molar refractivity (Wildman–Crippen MR) is 118 cm³/mol. The van der Waals surface area contributed by atoms with Gasteiger partial charge in [-0.2, -0.15) is 0 Å². The first kappa shape index (κ1) is 21.5. The lowest BCUT2D eigenvalue weighted by Crippen LogP contribution is -2.29. The SMILES string of the molecule is C[C@@H](OC(=O)c1ccc2c(c1)C(=O)N(Cc1ccccc1)C2=O)C(=O)c1cccc(Cl)c1. The van der Waals surface area contributed by atoms with Crippen LogP contribution in [-0.2, 0) is 11.3 Å². The molecule has 6 nitrogen and oxygen atoms in total. The molecule has 3 aromatic carbocycles. The van der Waals surface area contributed by atoms with E-state index in [0.717, 1.165) is 10.5 Å². The van der Waals surface area contributed by atoms with Crippen LogP contribution < -0.4 is 0 Å². The van der Waals surface area contributed by atoms with Gasteiger partial charge in [0.1, 0.15) is 0 Å². The summed E-state index contributed by atoms with van der Waals surface area (Å²) in [6.07, 6.45) is -1.05. The Morgan fingerprint density at radius 3 is 2.31 bits per heavy atom. The minimum atomic E-state index is -1.05. The molecule has 1 atom stereocenters. The molecule has 1 heterocycles. The third-order valence-corrected chi connectivity index (χ3v) is 5.39. The zero-order valence-electron chi connectivity index (χ0n) is 17.1. The van der Waals surface area contributed by atoms with Gasteiger partial charge in [-0.05, 0) is 42.8 Å². The average molecular weight is 448 g/mol. The van der Waals surface area contributed by atoms with Crippen LogP contribution in [0.5, 0.6) is 0 Å². The van der Waals surface area contributed by atoms with Gasteiger partial charge >= 0.3 is 5.97 Å². The molecule has 0 unspecified atom stereocenters. The van der Waals surface area contributed by atoms with Crippen molar-refractivity contribution in [2.24, 2.45) is 0 Å². The van der Waals surface area contributed by atoms with Crippen LogP contribution in [0.2, 0.25) is 5.02 Å². The van der Waals surface area contributed by atoms with Gasteiger partial charge < -0.3 is 4.74 Å². The Kier molecular flexibility index (Phi) is 5.88. The van der Waals surface area contributed by atoms with E-state index in [2.05, 4.69) is 0 Å². The smallest absolute Gasteiger partial charge is 0.338 e. The van der Waals surface area contributed by atoms with Gasteiger partial charge in [0.05, 0.1) is 23.2 Å². The van der Waals surface area contributed by atoms with E-state index in [1.807, 2.05) is 30.3 Å². The van der Waals surface area contributed by atoms with Crippen molar-refractivity contribution in [2.75, 3.05) is 0 Å². The molecule has 0 fully saturated rings. The summed E-state index contributed by atoms with van der Waals surface area (Å²) in [4.78, 5) is 51.8. The Morgan fingerprint density at radius 1 is 0.875 bits per heavy atom. The third kappa shape index (κ3) is 4.18. The van der Waals surface area contributed by atoms with Crippen LogP contribution in [0.4, 0.5) is 0 Å². The molecule has 0 N–H and O–H groups in total. The van der Waals surface area contributed by atoms with Gasteiger partial charge in [-0.3, -0.25) is 19.3 Å². The highest BCUT2D eigenvalue weighted by molar-refractivity contribution is 6.31. The Bertz CT molecular complexity index is 1240. The van der Waals surface area contributed by atoms with E-state index in [1.165, 1.54) is 31.2 Å². The number of benzene rings is 3. The highest BCUT2D eigenvalue weighted by atomic mass is 35.5. The van der Waals surface area contributed by atoms with Crippen molar-refractivity contribution >= 4 is 35.2 Å². The maximum absolute atomic E-state index is 12.8. The van der Waals surface area contributed by atoms with Crippen LogP contribution in [0.1, 0.15) is 53.9 Å². The van der Waals surface area contributed by atoms with Crippen LogP contribution in [0.25, 0.3) is 0 Å². The summed E-state index contributed by atoms with van der Waals surface area (Å²) in [7, 11) is 0.